The predicted molar refractivity (Wildman–Crippen MR) is 131 cm³/mol. The molecule has 0 spiro atoms. The van der Waals surface area contributed by atoms with Gasteiger partial charge in [-0.3, -0.25) is 9.59 Å². The number of amides is 1. The van der Waals surface area contributed by atoms with E-state index in [1.165, 1.54) is 9.36 Å². The standard InChI is InChI=1S/C25H29N7O2/c1-5-6-9-15-31-23(34)18-12-8-7-11-17(18)21(30-31)22(33)28-20-16-19(25(2,3)4)29-32(20)24-26-13-10-14-27-24/h7-8,10-14,16H,5-6,9,15H2,1-4H3,(H,28,33). The van der Waals surface area contributed by atoms with Crippen LogP contribution in [0.5, 0.6) is 0 Å². The highest BCUT2D eigenvalue weighted by atomic mass is 16.2. The Morgan fingerprint density at radius 2 is 1.71 bits per heavy atom. The molecule has 1 amide bonds. The maximum absolute atomic E-state index is 13.5. The number of nitrogens with one attached hydrogen (secondary N) is 1. The largest absolute Gasteiger partial charge is 0.305 e. The van der Waals surface area contributed by atoms with Gasteiger partial charge in [0.2, 0.25) is 0 Å². The summed E-state index contributed by atoms with van der Waals surface area (Å²) >= 11 is 0. The number of hydrogen-bond acceptors (Lipinski definition) is 6. The number of carbonyl (C=O) groups is 1. The topological polar surface area (TPSA) is 108 Å². The average Bonchev–Trinajstić information content (AvgIpc) is 3.25. The molecule has 3 heterocycles. The number of aryl methyl sites for hydroxylation is 1. The fourth-order valence-corrected chi connectivity index (χ4v) is 3.63. The molecule has 1 N–H and O–H groups in total. The Morgan fingerprint density at radius 3 is 2.38 bits per heavy atom. The normalized spacial score (nSPS) is 11.6. The molecule has 4 aromatic rings. The van der Waals surface area contributed by atoms with E-state index in [9.17, 15) is 9.59 Å². The Labute approximate surface area is 197 Å². The Morgan fingerprint density at radius 1 is 1.00 bits per heavy atom. The van der Waals surface area contributed by atoms with Gasteiger partial charge in [-0.25, -0.2) is 14.6 Å². The van der Waals surface area contributed by atoms with Crippen molar-refractivity contribution in [2.24, 2.45) is 0 Å². The van der Waals surface area contributed by atoms with Crippen LogP contribution in [0.15, 0.2) is 53.6 Å². The molecule has 3 aromatic heterocycles. The van der Waals surface area contributed by atoms with Crippen molar-refractivity contribution in [2.45, 2.75) is 58.9 Å². The van der Waals surface area contributed by atoms with Crippen molar-refractivity contribution < 1.29 is 4.79 Å². The molecule has 0 saturated carbocycles. The van der Waals surface area contributed by atoms with Gasteiger partial charge in [0.05, 0.1) is 11.1 Å². The van der Waals surface area contributed by atoms with Crippen LogP contribution in [0, 0.1) is 0 Å². The number of unbranched alkanes of at least 4 members (excludes halogenated alkanes) is 2. The molecule has 0 fully saturated rings. The van der Waals surface area contributed by atoms with Gasteiger partial charge in [-0.1, -0.05) is 58.7 Å². The minimum Gasteiger partial charge on any atom is -0.305 e. The number of rotatable bonds is 7. The summed E-state index contributed by atoms with van der Waals surface area (Å²) < 4.78 is 2.91. The summed E-state index contributed by atoms with van der Waals surface area (Å²) in [5.41, 5.74) is 0.515. The van der Waals surface area contributed by atoms with Crippen molar-refractivity contribution in [1.82, 2.24) is 29.5 Å². The first-order chi connectivity index (χ1) is 16.3. The van der Waals surface area contributed by atoms with Crippen molar-refractivity contribution in [2.75, 3.05) is 5.32 Å². The molecule has 0 bridgehead atoms. The third kappa shape index (κ3) is 4.73. The minimum atomic E-state index is -0.432. The second-order valence-electron chi connectivity index (χ2n) is 9.21. The van der Waals surface area contributed by atoms with Crippen LogP contribution in [-0.2, 0) is 12.0 Å². The van der Waals surface area contributed by atoms with E-state index in [0.717, 1.165) is 25.0 Å². The molecule has 0 unspecified atom stereocenters. The van der Waals surface area contributed by atoms with Crippen LogP contribution in [0.2, 0.25) is 0 Å². The van der Waals surface area contributed by atoms with E-state index in [1.807, 2.05) is 26.8 Å². The lowest BCUT2D eigenvalue weighted by Gasteiger charge is -2.13. The van der Waals surface area contributed by atoms with Gasteiger partial charge in [0.1, 0.15) is 5.82 Å². The Balaban J connectivity index is 1.77. The smallest absolute Gasteiger partial charge is 0.277 e. The monoisotopic (exact) mass is 459 g/mol. The summed E-state index contributed by atoms with van der Waals surface area (Å²) in [6.45, 7) is 8.68. The summed E-state index contributed by atoms with van der Waals surface area (Å²) in [6.07, 6.45) is 6.06. The maximum atomic E-state index is 13.5. The summed E-state index contributed by atoms with van der Waals surface area (Å²) in [5, 5.41) is 13.0. The molecule has 0 radical (unpaired) electrons. The number of fused-ring (bicyclic) bond motifs is 1. The fraction of sp³-hybridized carbons (Fsp3) is 0.360. The zero-order valence-corrected chi connectivity index (χ0v) is 19.9. The molecule has 4 rings (SSSR count). The molecule has 34 heavy (non-hydrogen) atoms. The highest BCUT2D eigenvalue weighted by Gasteiger charge is 2.24. The molecule has 1 aromatic carbocycles. The molecular formula is C25H29N7O2. The number of anilines is 1. The van der Waals surface area contributed by atoms with Gasteiger partial charge in [0, 0.05) is 35.8 Å². The molecule has 9 nitrogen and oxygen atoms in total. The summed E-state index contributed by atoms with van der Waals surface area (Å²) in [4.78, 5) is 35.0. The van der Waals surface area contributed by atoms with Crippen molar-refractivity contribution in [3.8, 4) is 5.95 Å². The maximum Gasteiger partial charge on any atom is 0.277 e. The van der Waals surface area contributed by atoms with Crippen LogP contribution >= 0.6 is 0 Å². The van der Waals surface area contributed by atoms with E-state index in [4.69, 9.17) is 0 Å². The third-order valence-electron chi connectivity index (χ3n) is 5.52. The molecule has 0 saturated heterocycles. The zero-order chi connectivity index (χ0) is 24.3. The van der Waals surface area contributed by atoms with Gasteiger partial charge >= 0.3 is 0 Å². The van der Waals surface area contributed by atoms with Gasteiger partial charge in [0.15, 0.2) is 5.69 Å². The minimum absolute atomic E-state index is 0.186. The van der Waals surface area contributed by atoms with Crippen LogP contribution in [0.3, 0.4) is 0 Å². The third-order valence-corrected chi connectivity index (χ3v) is 5.52. The van der Waals surface area contributed by atoms with Gasteiger partial charge in [-0.05, 0) is 18.6 Å². The van der Waals surface area contributed by atoms with Crippen LogP contribution < -0.4 is 10.9 Å². The molecule has 0 aliphatic rings. The predicted octanol–water partition coefficient (Wildman–Crippen LogP) is 4.11. The van der Waals surface area contributed by atoms with Gasteiger partial charge in [-0.15, -0.1) is 0 Å². The highest BCUT2D eigenvalue weighted by Crippen LogP contribution is 2.26. The summed E-state index contributed by atoms with van der Waals surface area (Å²) in [5.74, 6) is 0.337. The summed E-state index contributed by atoms with van der Waals surface area (Å²) in [6, 6.07) is 10.6. The van der Waals surface area contributed by atoms with Crippen molar-refractivity contribution in [3.05, 3.63) is 70.5 Å². The molecule has 0 aliphatic heterocycles. The Bertz CT molecular complexity index is 1370. The highest BCUT2D eigenvalue weighted by molar-refractivity contribution is 6.10. The Kier molecular flexibility index (Phi) is 6.54. The number of benzene rings is 1. The van der Waals surface area contributed by atoms with Crippen molar-refractivity contribution in [3.63, 3.8) is 0 Å². The summed E-state index contributed by atoms with van der Waals surface area (Å²) in [7, 11) is 0. The van der Waals surface area contributed by atoms with E-state index in [-0.39, 0.29) is 16.7 Å². The van der Waals surface area contributed by atoms with Gasteiger partial charge in [0.25, 0.3) is 17.4 Å². The quantitative estimate of drug-likeness (QED) is 0.417. The van der Waals surface area contributed by atoms with Crippen LogP contribution in [0.25, 0.3) is 16.7 Å². The molecule has 0 atom stereocenters. The second-order valence-corrected chi connectivity index (χ2v) is 9.21. The molecule has 176 valence electrons. The molecule has 0 aliphatic carbocycles. The first-order valence-electron chi connectivity index (χ1n) is 11.5. The van der Waals surface area contributed by atoms with E-state index in [2.05, 4.69) is 32.4 Å². The SMILES string of the molecule is CCCCCn1nc(C(=O)Nc2cc(C(C)(C)C)nn2-c2ncccn2)c2ccccc2c1=O. The number of hydrogen-bond donors (Lipinski definition) is 1. The van der Waals surface area contributed by atoms with Crippen LogP contribution in [-0.4, -0.2) is 35.4 Å². The van der Waals surface area contributed by atoms with Crippen LogP contribution in [0.4, 0.5) is 5.82 Å². The van der Waals surface area contributed by atoms with E-state index in [1.54, 1.807) is 42.7 Å². The zero-order valence-electron chi connectivity index (χ0n) is 19.9. The Hall–Kier alpha value is -3.88. The second kappa shape index (κ2) is 9.54. The van der Waals surface area contributed by atoms with Crippen molar-refractivity contribution in [1.29, 1.82) is 0 Å². The molecule has 9 heteroatoms. The van der Waals surface area contributed by atoms with E-state index in [0.29, 0.717) is 29.1 Å². The number of nitrogens with zero attached hydrogens (tertiary/aromatic N) is 6. The number of aromatic nitrogens is 6. The first kappa shape index (κ1) is 23.3. The van der Waals surface area contributed by atoms with Crippen molar-refractivity contribution >= 4 is 22.5 Å². The van der Waals surface area contributed by atoms with Crippen LogP contribution in [0.1, 0.15) is 63.1 Å². The lowest BCUT2D eigenvalue weighted by Crippen LogP contribution is -2.28. The molecular weight excluding hydrogens is 430 g/mol. The van der Waals surface area contributed by atoms with Gasteiger partial charge in [-0.2, -0.15) is 14.9 Å². The van der Waals surface area contributed by atoms with Gasteiger partial charge < -0.3 is 5.32 Å². The van der Waals surface area contributed by atoms with E-state index >= 15 is 0 Å². The average molecular weight is 460 g/mol. The first-order valence-corrected chi connectivity index (χ1v) is 11.5. The van der Waals surface area contributed by atoms with E-state index < -0.39 is 5.91 Å². The number of carbonyl (C=O) groups excluding carboxylic acids is 1. The fourth-order valence-electron chi connectivity index (χ4n) is 3.63. The lowest BCUT2D eigenvalue weighted by molar-refractivity contribution is 0.102. The lowest BCUT2D eigenvalue weighted by atomic mass is 9.92.